The maximum Gasteiger partial charge on any atom is 0.306 e. The van der Waals surface area contributed by atoms with Crippen LogP contribution in [0.15, 0.2) is 0 Å². The Balaban J connectivity index is 1.20. The molecule has 43 heavy (non-hydrogen) atoms. The van der Waals surface area contributed by atoms with Gasteiger partial charge in [-0.3, -0.25) is 9.59 Å². The van der Waals surface area contributed by atoms with Crippen LogP contribution >= 0.6 is 0 Å². The van der Waals surface area contributed by atoms with Crippen LogP contribution in [0.5, 0.6) is 0 Å². The Morgan fingerprint density at radius 2 is 1.47 bits per heavy atom. The summed E-state index contributed by atoms with van der Waals surface area (Å²) in [5.41, 5.74) is 0.125. The molecular weight excluding hydrogens is 536 g/mol. The van der Waals surface area contributed by atoms with Crippen LogP contribution in [-0.2, 0) is 14.3 Å². The van der Waals surface area contributed by atoms with Crippen molar-refractivity contribution in [3.05, 3.63) is 0 Å². The van der Waals surface area contributed by atoms with Gasteiger partial charge in [-0.25, -0.2) is 0 Å². The quantitative estimate of drug-likeness (QED) is 0.128. The number of fused-ring (bicyclic) bond motifs is 5. The van der Waals surface area contributed by atoms with Gasteiger partial charge in [0.25, 0.3) is 0 Å². The molecule has 5 nitrogen and oxygen atoms in total. The molecule has 0 bridgehead atoms. The number of ether oxygens (including phenoxy) is 1. The molecule has 0 heterocycles. The molecular formula is C38H66O5. The zero-order valence-corrected chi connectivity index (χ0v) is 28.3. The van der Waals surface area contributed by atoms with Gasteiger partial charge >= 0.3 is 11.9 Å². The Kier molecular flexibility index (Phi) is 12.9. The Labute approximate surface area is 263 Å². The second kappa shape index (κ2) is 15.9. The lowest BCUT2D eigenvalue weighted by Crippen LogP contribution is -2.59. The summed E-state index contributed by atoms with van der Waals surface area (Å²) < 4.78 is 6.07. The maximum atomic E-state index is 12.7. The van der Waals surface area contributed by atoms with Gasteiger partial charge in [0.2, 0.25) is 0 Å². The molecule has 4 aliphatic carbocycles. The van der Waals surface area contributed by atoms with E-state index in [0.29, 0.717) is 48.3 Å². The summed E-state index contributed by atoms with van der Waals surface area (Å²) in [4.78, 5) is 24.0. The third kappa shape index (κ3) is 8.20. The smallest absolute Gasteiger partial charge is 0.306 e. The molecule has 2 N–H and O–H groups in total. The molecule has 0 radical (unpaired) electrons. The minimum absolute atomic E-state index is 0.0103. The Bertz CT molecular complexity index is 888. The molecule has 10 atom stereocenters. The highest BCUT2D eigenvalue weighted by molar-refractivity contribution is 5.69. The average molecular weight is 603 g/mol. The maximum absolute atomic E-state index is 12.7. The van der Waals surface area contributed by atoms with Gasteiger partial charge in [0.15, 0.2) is 0 Å². The van der Waals surface area contributed by atoms with Crippen LogP contribution in [-0.4, -0.2) is 34.4 Å². The summed E-state index contributed by atoms with van der Waals surface area (Å²) in [6, 6.07) is 0. The predicted octanol–water partition coefficient (Wildman–Crippen LogP) is 9.73. The Hall–Kier alpha value is -1.10. The molecule has 0 spiro atoms. The van der Waals surface area contributed by atoms with E-state index in [4.69, 9.17) is 4.74 Å². The van der Waals surface area contributed by atoms with Gasteiger partial charge in [-0.15, -0.1) is 0 Å². The van der Waals surface area contributed by atoms with E-state index in [1.807, 2.05) is 0 Å². The van der Waals surface area contributed by atoms with Crippen molar-refractivity contribution in [3.63, 3.8) is 0 Å². The number of carbonyl (C=O) groups is 2. The van der Waals surface area contributed by atoms with Crippen molar-refractivity contribution >= 4 is 11.9 Å². The number of carboxylic acid groups (broad SMARTS) is 1. The third-order valence-electron chi connectivity index (χ3n) is 13.6. The molecule has 0 aliphatic heterocycles. The molecule has 0 saturated heterocycles. The number of hydrogen-bond acceptors (Lipinski definition) is 4. The summed E-state index contributed by atoms with van der Waals surface area (Å²) >= 11 is 0. The van der Waals surface area contributed by atoms with Crippen molar-refractivity contribution in [2.24, 2.45) is 46.3 Å². The molecule has 248 valence electrons. The molecule has 4 fully saturated rings. The number of aliphatic hydroxyl groups is 1. The second-order valence-corrected chi connectivity index (χ2v) is 16.0. The lowest BCUT2D eigenvalue weighted by atomic mass is 9.43. The lowest BCUT2D eigenvalue weighted by molar-refractivity contribution is -0.181. The first-order valence-corrected chi connectivity index (χ1v) is 18.7. The van der Waals surface area contributed by atoms with Crippen LogP contribution in [0.1, 0.15) is 169 Å². The third-order valence-corrected chi connectivity index (χ3v) is 13.6. The highest BCUT2D eigenvalue weighted by atomic mass is 16.5. The van der Waals surface area contributed by atoms with Crippen LogP contribution < -0.4 is 0 Å². The van der Waals surface area contributed by atoms with E-state index in [9.17, 15) is 19.8 Å². The van der Waals surface area contributed by atoms with Gasteiger partial charge in [0, 0.05) is 12.8 Å². The number of carboxylic acids is 1. The molecule has 0 aromatic carbocycles. The summed E-state index contributed by atoms with van der Waals surface area (Å²) in [5, 5.41) is 21.0. The van der Waals surface area contributed by atoms with Gasteiger partial charge in [0.05, 0.1) is 6.10 Å². The summed E-state index contributed by atoms with van der Waals surface area (Å²) in [5.74, 6) is 2.36. The van der Waals surface area contributed by atoms with E-state index < -0.39 is 5.97 Å². The fourth-order valence-corrected chi connectivity index (χ4v) is 11.0. The molecule has 0 amide bonds. The standard InChI is InChI=1S/C38H66O5/c1-5-6-7-8-9-10-11-12-13-14-15-16-36(42)43-29-23-24-37(3)28(25-29)18-19-30-32-21-20-31(27(2)17-22-35(40)41)38(32,4)34(39)26-33(30)37/h27-34,39H,5-26H2,1-4H3,(H,40,41). The first-order valence-electron chi connectivity index (χ1n) is 18.7. The second-order valence-electron chi connectivity index (χ2n) is 16.0. The van der Waals surface area contributed by atoms with E-state index in [2.05, 4.69) is 27.7 Å². The minimum Gasteiger partial charge on any atom is -0.481 e. The van der Waals surface area contributed by atoms with E-state index in [0.717, 1.165) is 44.9 Å². The van der Waals surface area contributed by atoms with Crippen molar-refractivity contribution in [2.45, 2.75) is 181 Å². The zero-order chi connectivity index (χ0) is 31.0. The summed E-state index contributed by atoms with van der Waals surface area (Å²) in [7, 11) is 0. The van der Waals surface area contributed by atoms with Crippen LogP contribution in [0, 0.1) is 46.3 Å². The van der Waals surface area contributed by atoms with Crippen molar-refractivity contribution in [1.29, 1.82) is 0 Å². The first kappa shape index (κ1) is 34.8. The number of hydrogen-bond donors (Lipinski definition) is 2. The summed E-state index contributed by atoms with van der Waals surface area (Å²) in [6.45, 7) is 9.33. The van der Waals surface area contributed by atoms with E-state index in [-0.39, 0.29) is 35.4 Å². The molecule has 0 aromatic rings. The van der Waals surface area contributed by atoms with Crippen molar-refractivity contribution in [2.75, 3.05) is 0 Å². The Morgan fingerprint density at radius 1 is 0.814 bits per heavy atom. The normalized spacial score (nSPS) is 37.7. The van der Waals surface area contributed by atoms with E-state index in [1.54, 1.807) is 0 Å². The first-order chi connectivity index (χ1) is 20.6. The van der Waals surface area contributed by atoms with E-state index in [1.165, 1.54) is 77.0 Å². The monoisotopic (exact) mass is 602 g/mol. The minimum atomic E-state index is -0.711. The number of unbranched alkanes of at least 4 members (excludes halogenated alkanes) is 10. The Morgan fingerprint density at radius 3 is 2.12 bits per heavy atom. The van der Waals surface area contributed by atoms with Gasteiger partial charge in [-0.1, -0.05) is 91.9 Å². The number of rotatable bonds is 17. The molecule has 4 aliphatic rings. The fourth-order valence-electron chi connectivity index (χ4n) is 11.0. The zero-order valence-electron chi connectivity index (χ0n) is 28.3. The molecule has 4 saturated carbocycles. The van der Waals surface area contributed by atoms with E-state index >= 15 is 0 Å². The van der Waals surface area contributed by atoms with Crippen molar-refractivity contribution in [1.82, 2.24) is 0 Å². The SMILES string of the molecule is CCCCCCCCCCCCCC(=O)OC1CCC2(C)C(CCC3C2CC(O)C2(C)C(C(C)CCC(=O)O)CCC32)C1. The summed E-state index contributed by atoms with van der Waals surface area (Å²) in [6.07, 6.45) is 24.2. The highest BCUT2D eigenvalue weighted by Gasteiger charge is 2.63. The highest BCUT2D eigenvalue weighted by Crippen LogP contribution is 2.68. The van der Waals surface area contributed by atoms with Crippen LogP contribution in [0.4, 0.5) is 0 Å². The number of esters is 1. The van der Waals surface area contributed by atoms with Gasteiger partial charge < -0.3 is 14.9 Å². The number of carbonyl (C=O) groups excluding carboxylic acids is 1. The van der Waals surface area contributed by atoms with Crippen LogP contribution in [0.25, 0.3) is 0 Å². The predicted molar refractivity (Wildman–Crippen MR) is 174 cm³/mol. The van der Waals surface area contributed by atoms with Crippen molar-refractivity contribution < 1.29 is 24.5 Å². The topological polar surface area (TPSA) is 83.8 Å². The van der Waals surface area contributed by atoms with Gasteiger partial charge in [-0.2, -0.15) is 0 Å². The van der Waals surface area contributed by atoms with Crippen molar-refractivity contribution in [3.8, 4) is 0 Å². The van der Waals surface area contributed by atoms with Gasteiger partial charge in [-0.05, 0) is 111 Å². The van der Waals surface area contributed by atoms with Crippen LogP contribution in [0.2, 0.25) is 0 Å². The number of aliphatic carboxylic acids is 1. The molecule has 0 aromatic heterocycles. The largest absolute Gasteiger partial charge is 0.481 e. The number of aliphatic hydroxyl groups excluding tert-OH is 1. The molecule has 10 unspecified atom stereocenters. The van der Waals surface area contributed by atoms with Crippen LogP contribution in [0.3, 0.4) is 0 Å². The lowest BCUT2D eigenvalue weighted by Gasteiger charge is -2.62. The molecule has 5 heteroatoms. The van der Waals surface area contributed by atoms with Gasteiger partial charge in [0.1, 0.15) is 6.10 Å². The molecule has 4 rings (SSSR count). The average Bonchev–Trinajstić information content (AvgIpc) is 3.34. The fraction of sp³-hybridized carbons (Fsp3) is 0.947.